The molecule has 1 atom stereocenters. The number of rotatable bonds is 7. The summed E-state index contributed by atoms with van der Waals surface area (Å²) in [6.07, 6.45) is 1.07. The van der Waals surface area contributed by atoms with Gasteiger partial charge in [0.05, 0.1) is 12.7 Å². The van der Waals surface area contributed by atoms with Gasteiger partial charge in [0.15, 0.2) is 0 Å². The summed E-state index contributed by atoms with van der Waals surface area (Å²) < 4.78 is 4.61. The molecule has 0 radical (unpaired) electrons. The number of esters is 1. The monoisotopic (exact) mass is 320 g/mol. The minimum absolute atomic E-state index is 0.0328. The Bertz CT molecular complexity index is 554. The van der Waals surface area contributed by atoms with Crippen LogP contribution in [0.1, 0.15) is 44.0 Å². The van der Waals surface area contributed by atoms with E-state index < -0.39 is 5.97 Å². The largest absolute Gasteiger partial charge is 0.465 e. The molecule has 1 N–H and O–H groups in total. The maximum absolute atomic E-state index is 12.0. The zero-order valence-electron chi connectivity index (χ0n) is 14.1. The van der Waals surface area contributed by atoms with Crippen molar-refractivity contribution in [1.82, 2.24) is 4.90 Å². The van der Waals surface area contributed by atoms with Gasteiger partial charge in [-0.3, -0.25) is 9.59 Å². The topological polar surface area (TPSA) is 75.7 Å². The van der Waals surface area contributed by atoms with E-state index in [1.807, 2.05) is 13.8 Å². The number of anilines is 1. The van der Waals surface area contributed by atoms with E-state index in [0.29, 0.717) is 17.8 Å². The number of ether oxygens (including phenoxy) is 1. The van der Waals surface area contributed by atoms with Gasteiger partial charge in [-0.1, -0.05) is 6.92 Å². The standard InChI is InChI=1S/C17H24N2O4/c1-5-12(2)19(13(3)20)11-10-16(21)18-15-8-6-14(7-9-15)17(22)23-4/h6-9,12H,5,10-11H2,1-4H3,(H,18,21). The molecule has 1 rings (SSSR count). The van der Waals surface area contributed by atoms with Gasteiger partial charge in [-0.25, -0.2) is 4.79 Å². The number of hydrogen-bond donors (Lipinski definition) is 1. The molecule has 126 valence electrons. The first-order chi connectivity index (χ1) is 10.9. The SMILES string of the molecule is CCC(C)N(CCC(=O)Nc1ccc(C(=O)OC)cc1)C(C)=O. The van der Waals surface area contributed by atoms with Gasteiger partial charge < -0.3 is 15.0 Å². The predicted octanol–water partition coefficient (Wildman–Crippen LogP) is 2.45. The minimum Gasteiger partial charge on any atom is -0.465 e. The van der Waals surface area contributed by atoms with E-state index in [-0.39, 0.29) is 24.3 Å². The van der Waals surface area contributed by atoms with Crippen LogP contribution >= 0.6 is 0 Å². The Labute approximate surface area is 136 Å². The van der Waals surface area contributed by atoms with Crippen molar-refractivity contribution in [2.45, 2.75) is 39.7 Å². The van der Waals surface area contributed by atoms with Crippen molar-refractivity contribution >= 4 is 23.5 Å². The van der Waals surface area contributed by atoms with E-state index in [0.717, 1.165) is 6.42 Å². The lowest BCUT2D eigenvalue weighted by molar-refractivity contribution is -0.131. The zero-order valence-corrected chi connectivity index (χ0v) is 14.1. The second kappa shape index (κ2) is 8.92. The molecule has 2 amide bonds. The number of amides is 2. The maximum Gasteiger partial charge on any atom is 0.337 e. The lowest BCUT2D eigenvalue weighted by Crippen LogP contribution is -2.38. The van der Waals surface area contributed by atoms with Gasteiger partial charge in [-0.05, 0) is 37.6 Å². The van der Waals surface area contributed by atoms with Crippen LogP contribution in [0, 0.1) is 0 Å². The third kappa shape index (κ3) is 5.73. The Balaban J connectivity index is 2.56. The third-order valence-corrected chi connectivity index (χ3v) is 3.70. The quantitative estimate of drug-likeness (QED) is 0.783. The fourth-order valence-corrected chi connectivity index (χ4v) is 2.16. The van der Waals surface area contributed by atoms with Crippen molar-refractivity contribution < 1.29 is 19.1 Å². The Morgan fingerprint density at radius 1 is 1.22 bits per heavy atom. The molecule has 0 spiro atoms. The second-order valence-electron chi connectivity index (χ2n) is 5.34. The molecular weight excluding hydrogens is 296 g/mol. The second-order valence-corrected chi connectivity index (χ2v) is 5.34. The molecular formula is C17H24N2O4. The lowest BCUT2D eigenvalue weighted by atomic mass is 10.2. The number of carbonyl (C=O) groups excluding carboxylic acids is 3. The van der Waals surface area contributed by atoms with E-state index in [1.54, 1.807) is 29.2 Å². The Kier molecular flexibility index (Phi) is 7.25. The molecule has 0 fully saturated rings. The van der Waals surface area contributed by atoms with Crippen LogP contribution in [0.3, 0.4) is 0 Å². The van der Waals surface area contributed by atoms with Crippen molar-refractivity contribution in [3.05, 3.63) is 29.8 Å². The highest BCUT2D eigenvalue weighted by Crippen LogP contribution is 2.11. The number of nitrogens with one attached hydrogen (secondary N) is 1. The molecule has 0 saturated carbocycles. The normalized spacial score (nSPS) is 11.5. The molecule has 23 heavy (non-hydrogen) atoms. The molecule has 6 nitrogen and oxygen atoms in total. The van der Waals surface area contributed by atoms with Gasteiger partial charge in [0.1, 0.15) is 0 Å². The summed E-state index contributed by atoms with van der Waals surface area (Å²) >= 11 is 0. The molecule has 6 heteroatoms. The van der Waals surface area contributed by atoms with Crippen LogP contribution in [0.25, 0.3) is 0 Å². The summed E-state index contributed by atoms with van der Waals surface area (Å²) in [7, 11) is 1.32. The summed E-state index contributed by atoms with van der Waals surface area (Å²) in [5, 5.41) is 2.75. The first kappa shape index (κ1) is 18.7. The maximum atomic E-state index is 12.0. The van der Waals surface area contributed by atoms with Gasteiger partial charge >= 0.3 is 5.97 Å². The first-order valence-corrected chi connectivity index (χ1v) is 7.64. The highest BCUT2D eigenvalue weighted by atomic mass is 16.5. The molecule has 0 aliphatic carbocycles. The van der Waals surface area contributed by atoms with E-state index >= 15 is 0 Å². The third-order valence-electron chi connectivity index (χ3n) is 3.70. The van der Waals surface area contributed by atoms with Crippen LogP contribution in [0.4, 0.5) is 5.69 Å². The molecule has 1 unspecified atom stereocenters. The van der Waals surface area contributed by atoms with E-state index in [1.165, 1.54) is 14.0 Å². The number of benzene rings is 1. The average molecular weight is 320 g/mol. The van der Waals surface area contributed by atoms with Gasteiger partial charge in [0.25, 0.3) is 0 Å². The van der Waals surface area contributed by atoms with Crippen molar-refractivity contribution in [3.63, 3.8) is 0 Å². The van der Waals surface area contributed by atoms with Gasteiger partial charge in [0, 0.05) is 31.6 Å². The Morgan fingerprint density at radius 3 is 2.30 bits per heavy atom. The highest BCUT2D eigenvalue weighted by Gasteiger charge is 2.16. The van der Waals surface area contributed by atoms with Crippen LogP contribution in [0.15, 0.2) is 24.3 Å². The van der Waals surface area contributed by atoms with E-state index in [2.05, 4.69) is 10.1 Å². The summed E-state index contributed by atoms with van der Waals surface area (Å²) in [6.45, 7) is 5.86. The van der Waals surface area contributed by atoms with Crippen molar-refractivity contribution in [1.29, 1.82) is 0 Å². The fourth-order valence-electron chi connectivity index (χ4n) is 2.16. The van der Waals surface area contributed by atoms with E-state index in [4.69, 9.17) is 0 Å². The Hall–Kier alpha value is -2.37. The molecule has 0 aromatic heterocycles. The zero-order chi connectivity index (χ0) is 17.4. The van der Waals surface area contributed by atoms with E-state index in [9.17, 15) is 14.4 Å². The predicted molar refractivity (Wildman–Crippen MR) is 88.2 cm³/mol. The lowest BCUT2D eigenvalue weighted by Gasteiger charge is -2.27. The summed E-state index contributed by atoms with van der Waals surface area (Å²) in [5.41, 5.74) is 1.02. The molecule has 0 aliphatic heterocycles. The molecule has 1 aromatic carbocycles. The van der Waals surface area contributed by atoms with Crippen molar-refractivity contribution in [2.24, 2.45) is 0 Å². The smallest absolute Gasteiger partial charge is 0.337 e. The molecule has 0 aliphatic rings. The van der Waals surface area contributed by atoms with Crippen LogP contribution in [0.2, 0.25) is 0 Å². The average Bonchev–Trinajstić information content (AvgIpc) is 2.54. The van der Waals surface area contributed by atoms with Crippen LogP contribution in [0.5, 0.6) is 0 Å². The number of hydrogen-bond acceptors (Lipinski definition) is 4. The van der Waals surface area contributed by atoms with Crippen LogP contribution < -0.4 is 5.32 Å². The molecule has 0 heterocycles. The van der Waals surface area contributed by atoms with Crippen LogP contribution in [-0.2, 0) is 14.3 Å². The number of carbonyl (C=O) groups is 3. The number of nitrogens with zero attached hydrogens (tertiary/aromatic N) is 1. The molecule has 0 saturated heterocycles. The van der Waals surface area contributed by atoms with Gasteiger partial charge in [0.2, 0.25) is 11.8 Å². The number of methoxy groups -OCH3 is 1. The van der Waals surface area contributed by atoms with Crippen molar-refractivity contribution in [3.8, 4) is 0 Å². The summed E-state index contributed by atoms with van der Waals surface area (Å²) in [5.74, 6) is -0.631. The van der Waals surface area contributed by atoms with Crippen molar-refractivity contribution in [2.75, 3.05) is 19.0 Å². The highest BCUT2D eigenvalue weighted by molar-refractivity contribution is 5.93. The first-order valence-electron chi connectivity index (χ1n) is 7.64. The van der Waals surface area contributed by atoms with Gasteiger partial charge in [-0.2, -0.15) is 0 Å². The van der Waals surface area contributed by atoms with Gasteiger partial charge in [-0.15, -0.1) is 0 Å². The Morgan fingerprint density at radius 2 is 1.83 bits per heavy atom. The fraction of sp³-hybridized carbons (Fsp3) is 0.471. The summed E-state index contributed by atoms with van der Waals surface area (Å²) in [6, 6.07) is 6.56. The minimum atomic E-state index is -0.423. The summed E-state index contributed by atoms with van der Waals surface area (Å²) in [4.78, 5) is 36.6. The molecule has 1 aromatic rings. The molecule has 0 bridgehead atoms. The van der Waals surface area contributed by atoms with Crippen LogP contribution in [-0.4, -0.2) is 42.4 Å².